The van der Waals surface area contributed by atoms with Crippen molar-refractivity contribution in [2.45, 2.75) is 45.9 Å². The Kier molecular flexibility index (Phi) is 3.32. The van der Waals surface area contributed by atoms with Crippen LogP contribution in [-0.2, 0) is 23.9 Å². The Bertz CT molecular complexity index is 510. The van der Waals surface area contributed by atoms with E-state index in [1.165, 1.54) is 18.9 Å². The summed E-state index contributed by atoms with van der Waals surface area (Å²) in [5, 5.41) is 9.42. The fraction of sp³-hybridized carbons (Fsp3) is 0.786. The van der Waals surface area contributed by atoms with Crippen LogP contribution in [0.15, 0.2) is 0 Å². The zero-order valence-electron chi connectivity index (χ0n) is 12.9. The predicted octanol–water partition coefficient (Wildman–Crippen LogP) is 0.624. The molecule has 7 nitrogen and oxygen atoms in total. The number of ether oxygens (including phenoxy) is 2. The molecule has 0 aromatic heterocycles. The van der Waals surface area contributed by atoms with E-state index in [0.717, 1.165) is 0 Å². The second kappa shape index (κ2) is 4.43. The Hall–Kier alpha value is -1.63. The number of rotatable bonds is 2. The van der Waals surface area contributed by atoms with Gasteiger partial charge in [0.1, 0.15) is 11.6 Å². The van der Waals surface area contributed by atoms with Crippen LogP contribution in [0.25, 0.3) is 0 Å². The first kappa shape index (κ1) is 15.8. The van der Waals surface area contributed by atoms with Gasteiger partial charge in [0.15, 0.2) is 5.54 Å². The van der Waals surface area contributed by atoms with Gasteiger partial charge in [0.05, 0.1) is 13.7 Å². The third-order valence-corrected chi connectivity index (χ3v) is 4.29. The maximum atomic E-state index is 12.7. The van der Waals surface area contributed by atoms with Crippen molar-refractivity contribution in [2.75, 3.05) is 13.7 Å². The second-order valence-electron chi connectivity index (χ2n) is 7.04. The van der Waals surface area contributed by atoms with Crippen LogP contribution in [0.4, 0.5) is 0 Å². The van der Waals surface area contributed by atoms with Gasteiger partial charge in [0, 0.05) is 11.8 Å². The molecular weight excluding hydrogens is 278 g/mol. The van der Waals surface area contributed by atoms with Crippen LogP contribution in [0.1, 0.15) is 34.1 Å². The number of carboxylic acid groups (broad SMARTS) is 1. The number of carbonyl (C=O) groups excluding carboxylic acids is 2. The number of methoxy groups -OCH3 is 1. The fourth-order valence-corrected chi connectivity index (χ4v) is 3.17. The van der Waals surface area contributed by atoms with E-state index in [1.807, 2.05) is 20.8 Å². The quantitative estimate of drug-likeness (QED) is 0.593. The lowest BCUT2D eigenvalue weighted by Gasteiger charge is -2.36. The van der Waals surface area contributed by atoms with E-state index in [0.29, 0.717) is 0 Å². The normalized spacial score (nSPS) is 35.8. The van der Waals surface area contributed by atoms with Crippen LogP contribution < -0.4 is 0 Å². The van der Waals surface area contributed by atoms with Gasteiger partial charge >= 0.3 is 11.9 Å². The van der Waals surface area contributed by atoms with Gasteiger partial charge in [-0.3, -0.25) is 14.5 Å². The summed E-state index contributed by atoms with van der Waals surface area (Å²) in [6.45, 7) is 6.91. The minimum atomic E-state index is -1.64. The topological polar surface area (TPSA) is 93.1 Å². The molecule has 118 valence electrons. The zero-order valence-corrected chi connectivity index (χ0v) is 12.9. The Labute approximate surface area is 123 Å². The minimum absolute atomic E-state index is 0.0454. The highest BCUT2D eigenvalue weighted by Gasteiger charge is 2.70. The van der Waals surface area contributed by atoms with Gasteiger partial charge in [-0.1, -0.05) is 20.8 Å². The number of carboxylic acids is 1. The molecule has 2 fully saturated rings. The summed E-state index contributed by atoms with van der Waals surface area (Å²) in [7, 11) is 1.22. The van der Waals surface area contributed by atoms with Gasteiger partial charge in [0.2, 0.25) is 5.91 Å². The van der Waals surface area contributed by atoms with Crippen molar-refractivity contribution in [1.29, 1.82) is 0 Å². The number of hydrogen-bond acceptors (Lipinski definition) is 5. The standard InChI is InChI=1S/C14H21NO6/c1-12(2,3)9-15-8(16)13(4,10(17)18)6-14(15,7-21-9)11(19)20-5/h9H,6-7H2,1-5H3,(H,17,18). The van der Waals surface area contributed by atoms with Crippen molar-refractivity contribution < 1.29 is 29.0 Å². The molecule has 2 rings (SSSR count). The third-order valence-electron chi connectivity index (χ3n) is 4.29. The molecule has 0 saturated carbocycles. The molecule has 3 atom stereocenters. The fourth-order valence-electron chi connectivity index (χ4n) is 3.17. The van der Waals surface area contributed by atoms with Gasteiger partial charge < -0.3 is 14.6 Å². The van der Waals surface area contributed by atoms with E-state index >= 15 is 0 Å². The smallest absolute Gasteiger partial charge is 0.334 e. The third kappa shape index (κ3) is 1.94. The van der Waals surface area contributed by atoms with Gasteiger partial charge in [-0.15, -0.1) is 0 Å². The summed E-state index contributed by atoms with van der Waals surface area (Å²) in [4.78, 5) is 37.8. The summed E-state index contributed by atoms with van der Waals surface area (Å²) in [5.41, 5.74) is -3.44. The lowest BCUT2D eigenvalue weighted by Crippen LogP contribution is -2.55. The Morgan fingerprint density at radius 1 is 1.43 bits per heavy atom. The van der Waals surface area contributed by atoms with Gasteiger partial charge in [-0.25, -0.2) is 4.79 Å². The molecule has 0 aromatic carbocycles. The molecule has 0 aromatic rings. The van der Waals surface area contributed by atoms with Gasteiger partial charge in [-0.2, -0.15) is 0 Å². The number of aliphatic carboxylic acids is 1. The summed E-state index contributed by atoms with van der Waals surface area (Å²) in [6, 6.07) is 0. The van der Waals surface area contributed by atoms with Crippen LogP contribution in [-0.4, -0.2) is 53.3 Å². The molecule has 1 amide bonds. The summed E-state index contributed by atoms with van der Waals surface area (Å²) in [5.74, 6) is -2.47. The Morgan fingerprint density at radius 2 is 2.00 bits per heavy atom. The van der Waals surface area contributed by atoms with E-state index in [4.69, 9.17) is 9.47 Å². The number of fused-ring (bicyclic) bond motifs is 1. The molecular formula is C14H21NO6. The molecule has 21 heavy (non-hydrogen) atoms. The summed E-state index contributed by atoms with van der Waals surface area (Å²) >= 11 is 0. The SMILES string of the molecule is COC(=O)C12COC(C(C)(C)C)N1C(=O)C(C)(C(=O)O)C2. The van der Waals surface area contributed by atoms with E-state index in [-0.39, 0.29) is 13.0 Å². The van der Waals surface area contributed by atoms with Crippen molar-refractivity contribution in [3.63, 3.8) is 0 Å². The molecule has 2 heterocycles. The number of hydrogen-bond donors (Lipinski definition) is 1. The molecule has 2 saturated heterocycles. The highest BCUT2D eigenvalue weighted by molar-refractivity contribution is 6.07. The average molecular weight is 299 g/mol. The zero-order chi connectivity index (χ0) is 16.2. The molecule has 0 radical (unpaired) electrons. The van der Waals surface area contributed by atoms with Crippen molar-refractivity contribution in [3.8, 4) is 0 Å². The number of nitrogens with zero attached hydrogens (tertiary/aromatic N) is 1. The van der Waals surface area contributed by atoms with Gasteiger partial charge in [-0.05, 0) is 6.92 Å². The summed E-state index contributed by atoms with van der Waals surface area (Å²) in [6.07, 6.45) is -0.807. The number of esters is 1. The highest BCUT2D eigenvalue weighted by Crippen LogP contribution is 2.51. The van der Waals surface area contributed by atoms with E-state index in [9.17, 15) is 19.5 Å². The highest BCUT2D eigenvalue weighted by atomic mass is 16.6. The van der Waals surface area contributed by atoms with E-state index < -0.39 is 40.4 Å². The van der Waals surface area contributed by atoms with Crippen molar-refractivity contribution >= 4 is 17.8 Å². The molecule has 1 N–H and O–H groups in total. The lowest BCUT2D eigenvalue weighted by molar-refractivity contribution is -0.162. The summed E-state index contributed by atoms with van der Waals surface area (Å²) < 4.78 is 10.5. The van der Waals surface area contributed by atoms with Crippen molar-refractivity contribution in [3.05, 3.63) is 0 Å². The van der Waals surface area contributed by atoms with Crippen molar-refractivity contribution in [1.82, 2.24) is 4.90 Å². The maximum absolute atomic E-state index is 12.7. The molecule has 2 aliphatic rings. The monoisotopic (exact) mass is 299 g/mol. The van der Waals surface area contributed by atoms with Crippen LogP contribution in [0.3, 0.4) is 0 Å². The first-order valence-electron chi connectivity index (χ1n) is 6.78. The molecule has 0 bridgehead atoms. The molecule has 3 unspecified atom stereocenters. The van der Waals surface area contributed by atoms with E-state index in [2.05, 4.69) is 0 Å². The second-order valence-corrected chi connectivity index (χ2v) is 7.04. The predicted molar refractivity (Wildman–Crippen MR) is 71.1 cm³/mol. The van der Waals surface area contributed by atoms with Crippen LogP contribution in [0.5, 0.6) is 0 Å². The Balaban J connectivity index is 2.56. The van der Waals surface area contributed by atoms with E-state index in [1.54, 1.807) is 0 Å². The molecule has 2 aliphatic heterocycles. The molecule has 0 aliphatic carbocycles. The lowest BCUT2D eigenvalue weighted by atomic mass is 9.82. The average Bonchev–Trinajstić information content (AvgIpc) is 2.85. The molecule has 0 spiro atoms. The van der Waals surface area contributed by atoms with Gasteiger partial charge in [0.25, 0.3) is 0 Å². The van der Waals surface area contributed by atoms with Crippen LogP contribution in [0.2, 0.25) is 0 Å². The van der Waals surface area contributed by atoms with Crippen LogP contribution in [0, 0.1) is 10.8 Å². The first-order valence-corrected chi connectivity index (χ1v) is 6.78. The maximum Gasteiger partial charge on any atom is 0.334 e. The largest absolute Gasteiger partial charge is 0.480 e. The number of carbonyl (C=O) groups is 3. The Morgan fingerprint density at radius 3 is 2.43 bits per heavy atom. The van der Waals surface area contributed by atoms with Crippen molar-refractivity contribution in [2.24, 2.45) is 10.8 Å². The number of amides is 1. The van der Waals surface area contributed by atoms with Crippen LogP contribution >= 0.6 is 0 Å². The molecule has 7 heteroatoms. The minimum Gasteiger partial charge on any atom is -0.480 e. The first-order chi connectivity index (χ1) is 9.50.